The Morgan fingerprint density at radius 2 is 1.68 bits per heavy atom. The Labute approximate surface area is 166 Å². The third-order valence-corrected chi connectivity index (χ3v) is 4.67. The van der Waals surface area contributed by atoms with Crippen LogP contribution in [0.1, 0.15) is 30.4 Å². The van der Waals surface area contributed by atoms with Crippen molar-refractivity contribution in [3.8, 4) is 5.75 Å². The van der Waals surface area contributed by atoms with E-state index in [1.54, 1.807) is 0 Å². The molecule has 0 unspecified atom stereocenters. The van der Waals surface area contributed by atoms with Crippen molar-refractivity contribution in [2.24, 2.45) is 0 Å². The minimum Gasteiger partial charge on any atom is -0.494 e. The van der Waals surface area contributed by atoms with Crippen molar-refractivity contribution < 1.29 is 14.6 Å². The number of hydrogen-bond donors (Lipinski definition) is 2. The van der Waals surface area contributed by atoms with Gasteiger partial charge in [0.15, 0.2) is 0 Å². The highest BCUT2D eigenvalue weighted by Gasteiger charge is 2.01. The number of carbonyl (C=O) groups is 1. The molecule has 4 nitrogen and oxygen atoms in total. The van der Waals surface area contributed by atoms with Crippen molar-refractivity contribution in [3.63, 3.8) is 0 Å². The van der Waals surface area contributed by atoms with Crippen LogP contribution < -0.4 is 10.1 Å². The zero-order valence-corrected chi connectivity index (χ0v) is 16.1. The van der Waals surface area contributed by atoms with Crippen molar-refractivity contribution >= 4 is 16.7 Å². The Balaban J connectivity index is 1.46. The Bertz CT molecular complexity index is 893. The van der Waals surface area contributed by atoms with E-state index in [-0.39, 0.29) is 6.42 Å². The molecule has 3 aromatic rings. The predicted molar refractivity (Wildman–Crippen MR) is 113 cm³/mol. The average molecular weight is 377 g/mol. The van der Waals surface area contributed by atoms with Crippen LogP contribution in [0.3, 0.4) is 0 Å². The van der Waals surface area contributed by atoms with Crippen LogP contribution in [-0.4, -0.2) is 24.2 Å². The Kier molecular flexibility index (Phi) is 7.44. The summed E-state index contributed by atoms with van der Waals surface area (Å²) in [5.41, 5.74) is 2.54. The maximum absolute atomic E-state index is 10.5. The molecule has 0 radical (unpaired) electrons. The molecule has 2 N–H and O–H groups in total. The van der Waals surface area contributed by atoms with E-state index in [4.69, 9.17) is 9.84 Å². The van der Waals surface area contributed by atoms with E-state index in [0.717, 1.165) is 30.5 Å². The largest absolute Gasteiger partial charge is 0.494 e. The topological polar surface area (TPSA) is 58.6 Å². The van der Waals surface area contributed by atoms with Gasteiger partial charge in [-0.2, -0.15) is 0 Å². The normalized spacial score (nSPS) is 10.9. The Morgan fingerprint density at radius 3 is 2.50 bits per heavy atom. The maximum atomic E-state index is 10.5. The van der Waals surface area contributed by atoms with Crippen LogP contribution in [-0.2, 0) is 17.8 Å². The van der Waals surface area contributed by atoms with Crippen LogP contribution >= 0.6 is 0 Å². The van der Waals surface area contributed by atoms with E-state index in [9.17, 15) is 4.79 Å². The van der Waals surface area contributed by atoms with Crippen molar-refractivity contribution in [1.29, 1.82) is 0 Å². The van der Waals surface area contributed by atoms with E-state index in [1.807, 2.05) is 12.1 Å². The molecule has 0 atom stereocenters. The number of aryl methyl sites for hydroxylation is 1. The molecule has 0 aliphatic heterocycles. The number of aliphatic carboxylic acids is 1. The predicted octanol–water partition coefficient (Wildman–Crippen LogP) is 4.81. The van der Waals surface area contributed by atoms with Gasteiger partial charge in [0, 0.05) is 13.0 Å². The van der Waals surface area contributed by atoms with Gasteiger partial charge in [-0.1, -0.05) is 48.5 Å². The average Bonchev–Trinajstić information content (AvgIpc) is 2.71. The van der Waals surface area contributed by atoms with Crippen LogP contribution in [0.2, 0.25) is 0 Å². The summed E-state index contributed by atoms with van der Waals surface area (Å²) in [6.45, 7) is 2.16. The second-order valence-corrected chi connectivity index (χ2v) is 6.95. The summed E-state index contributed by atoms with van der Waals surface area (Å²) in [7, 11) is 0. The lowest BCUT2D eigenvalue weighted by Crippen LogP contribution is -2.15. The number of benzene rings is 3. The summed E-state index contributed by atoms with van der Waals surface area (Å²) in [5.74, 6) is 0.158. The molecule has 0 aliphatic rings. The molecule has 0 spiro atoms. The second kappa shape index (κ2) is 10.5. The summed E-state index contributed by atoms with van der Waals surface area (Å²) in [4.78, 5) is 10.5. The molecule has 0 saturated heterocycles. The number of hydrogen-bond acceptors (Lipinski definition) is 3. The summed E-state index contributed by atoms with van der Waals surface area (Å²) < 4.78 is 5.92. The lowest BCUT2D eigenvalue weighted by molar-refractivity contribution is -0.137. The van der Waals surface area contributed by atoms with Crippen molar-refractivity contribution in [2.45, 2.75) is 32.2 Å². The Hall–Kier alpha value is -2.85. The van der Waals surface area contributed by atoms with Crippen LogP contribution in [0.5, 0.6) is 5.75 Å². The Morgan fingerprint density at radius 1 is 0.893 bits per heavy atom. The van der Waals surface area contributed by atoms with Crippen LogP contribution in [0.25, 0.3) is 10.8 Å². The number of fused-ring (bicyclic) bond motifs is 1. The van der Waals surface area contributed by atoms with Gasteiger partial charge in [-0.25, -0.2) is 0 Å². The molecule has 0 heterocycles. The van der Waals surface area contributed by atoms with E-state index >= 15 is 0 Å². The van der Waals surface area contributed by atoms with Crippen LogP contribution in [0.4, 0.5) is 0 Å². The van der Waals surface area contributed by atoms with Gasteiger partial charge in [0.2, 0.25) is 0 Å². The lowest BCUT2D eigenvalue weighted by atomic mass is 10.1. The minimum atomic E-state index is -0.745. The molecular weight excluding hydrogens is 350 g/mol. The molecule has 0 amide bonds. The van der Waals surface area contributed by atoms with Gasteiger partial charge >= 0.3 is 5.97 Å². The number of rotatable bonds is 11. The molecular formula is C24H27NO3. The highest BCUT2D eigenvalue weighted by Crippen LogP contribution is 2.22. The summed E-state index contributed by atoms with van der Waals surface area (Å²) in [6, 6.07) is 23.1. The molecule has 3 rings (SSSR count). The number of nitrogens with one attached hydrogen (secondary N) is 1. The second-order valence-electron chi connectivity index (χ2n) is 6.95. The number of ether oxygens (including phenoxy) is 1. The van der Waals surface area contributed by atoms with E-state index < -0.39 is 5.97 Å². The summed E-state index contributed by atoms with van der Waals surface area (Å²) >= 11 is 0. The molecule has 146 valence electrons. The smallest absolute Gasteiger partial charge is 0.303 e. The molecule has 3 aromatic carbocycles. The van der Waals surface area contributed by atoms with E-state index in [1.165, 1.54) is 16.5 Å². The molecule has 4 heteroatoms. The first-order valence-corrected chi connectivity index (χ1v) is 9.83. The molecule has 0 bridgehead atoms. The fraction of sp³-hybridized carbons (Fsp3) is 0.292. The van der Waals surface area contributed by atoms with Crippen LogP contribution in [0.15, 0.2) is 66.7 Å². The standard InChI is InChI=1S/C24H27NO3/c26-24(27)9-4-14-25-18-20-10-11-22-17-23(13-12-21(22)16-20)28-15-5-8-19-6-2-1-3-7-19/h1-3,6-7,10-13,16-17,25H,4-5,8-9,14-15,18H2,(H,26,27). The third kappa shape index (κ3) is 6.39. The van der Waals surface area contributed by atoms with Gasteiger partial charge in [0.1, 0.15) is 5.75 Å². The zero-order valence-electron chi connectivity index (χ0n) is 16.1. The summed E-state index contributed by atoms with van der Waals surface area (Å²) in [6.07, 6.45) is 2.87. The fourth-order valence-corrected chi connectivity index (χ4v) is 3.18. The fourth-order valence-electron chi connectivity index (χ4n) is 3.18. The third-order valence-electron chi connectivity index (χ3n) is 4.67. The SMILES string of the molecule is O=C(O)CCCNCc1ccc2cc(OCCCc3ccccc3)ccc2c1. The quantitative estimate of drug-likeness (QED) is 0.471. The first kappa shape index (κ1) is 19.9. The maximum Gasteiger partial charge on any atom is 0.303 e. The van der Waals surface area contributed by atoms with Gasteiger partial charge in [-0.15, -0.1) is 0 Å². The number of carboxylic acid groups (broad SMARTS) is 1. The van der Waals surface area contributed by atoms with E-state index in [2.05, 4.69) is 59.9 Å². The van der Waals surface area contributed by atoms with Gasteiger partial charge in [-0.3, -0.25) is 4.79 Å². The molecule has 0 saturated carbocycles. The van der Waals surface area contributed by atoms with Gasteiger partial charge < -0.3 is 15.2 Å². The first-order valence-electron chi connectivity index (χ1n) is 9.83. The highest BCUT2D eigenvalue weighted by atomic mass is 16.5. The van der Waals surface area contributed by atoms with E-state index in [0.29, 0.717) is 19.6 Å². The zero-order chi connectivity index (χ0) is 19.6. The van der Waals surface area contributed by atoms with Crippen molar-refractivity contribution in [1.82, 2.24) is 5.32 Å². The number of carboxylic acids is 1. The monoisotopic (exact) mass is 377 g/mol. The minimum absolute atomic E-state index is 0.207. The van der Waals surface area contributed by atoms with Gasteiger partial charge in [-0.05, 0) is 65.9 Å². The lowest BCUT2D eigenvalue weighted by Gasteiger charge is -2.09. The van der Waals surface area contributed by atoms with Crippen LogP contribution in [0, 0.1) is 0 Å². The molecule has 28 heavy (non-hydrogen) atoms. The highest BCUT2D eigenvalue weighted by molar-refractivity contribution is 5.84. The van der Waals surface area contributed by atoms with Crippen molar-refractivity contribution in [2.75, 3.05) is 13.2 Å². The summed E-state index contributed by atoms with van der Waals surface area (Å²) in [5, 5.41) is 14.3. The first-order chi connectivity index (χ1) is 13.7. The van der Waals surface area contributed by atoms with Gasteiger partial charge in [0.25, 0.3) is 0 Å². The molecule has 0 aromatic heterocycles. The molecule has 0 aliphatic carbocycles. The van der Waals surface area contributed by atoms with Gasteiger partial charge in [0.05, 0.1) is 6.61 Å². The van der Waals surface area contributed by atoms with Crippen molar-refractivity contribution in [3.05, 3.63) is 77.9 Å². The molecule has 0 fully saturated rings.